The molecular formula is C13H18N2O2. The number of hydrogen-bond donors (Lipinski definition) is 2. The second-order valence-corrected chi connectivity index (χ2v) is 4.63. The summed E-state index contributed by atoms with van der Waals surface area (Å²) >= 11 is 0. The number of nitrogens with one attached hydrogen (secondary N) is 1. The van der Waals surface area contributed by atoms with Crippen LogP contribution < -0.4 is 11.1 Å². The fraction of sp³-hybridized carbons (Fsp3) is 0.462. The van der Waals surface area contributed by atoms with Crippen molar-refractivity contribution >= 4 is 11.6 Å². The molecule has 1 aliphatic rings. The van der Waals surface area contributed by atoms with E-state index >= 15 is 0 Å². The molecule has 0 radical (unpaired) electrons. The van der Waals surface area contributed by atoms with Gasteiger partial charge < -0.3 is 15.8 Å². The third-order valence-electron chi connectivity index (χ3n) is 3.13. The molecule has 0 bridgehead atoms. The lowest BCUT2D eigenvalue weighted by Crippen LogP contribution is -2.47. The van der Waals surface area contributed by atoms with Gasteiger partial charge in [0.2, 0.25) is 0 Å². The van der Waals surface area contributed by atoms with Gasteiger partial charge in [0.25, 0.3) is 5.91 Å². The summed E-state index contributed by atoms with van der Waals surface area (Å²) in [5.41, 5.74) is 7.97. The first-order valence-corrected chi connectivity index (χ1v) is 5.79. The third-order valence-corrected chi connectivity index (χ3v) is 3.13. The zero-order chi connectivity index (χ0) is 12.4. The predicted octanol–water partition coefficient (Wildman–Crippen LogP) is 1.48. The van der Waals surface area contributed by atoms with Crippen molar-refractivity contribution in [2.75, 3.05) is 12.8 Å². The van der Waals surface area contributed by atoms with E-state index in [1.807, 2.05) is 19.1 Å². The zero-order valence-electron chi connectivity index (χ0n) is 10.2. The van der Waals surface area contributed by atoms with Crippen LogP contribution in [0.2, 0.25) is 0 Å². The number of aryl methyl sites for hydroxylation is 1. The summed E-state index contributed by atoms with van der Waals surface area (Å²) in [7, 11) is 1.70. The van der Waals surface area contributed by atoms with E-state index in [-0.39, 0.29) is 11.9 Å². The monoisotopic (exact) mass is 234 g/mol. The summed E-state index contributed by atoms with van der Waals surface area (Å²) in [6, 6.07) is 5.63. The molecule has 0 heterocycles. The maximum Gasteiger partial charge on any atom is 0.251 e. The Hall–Kier alpha value is -1.55. The summed E-state index contributed by atoms with van der Waals surface area (Å²) in [6.07, 6.45) is 2.08. The molecule has 0 spiro atoms. The number of nitrogen functional groups attached to an aromatic ring is 1. The van der Waals surface area contributed by atoms with E-state index in [9.17, 15) is 4.79 Å². The molecule has 92 valence electrons. The molecule has 0 aromatic heterocycles. The van der Waals surface area contributed by atoms with Crippen molar-refractivity contribution in [3.63, 3.8) is 0 Å². The molecule has 0 atom stereocenters. The maximum absolute atomic E-state index is 11.9. The van der Waals surface area contributed by atoms with Crippen LogP contribution in [0.3, 0.4) is 0 Å². The van der Waals surface area contributed by atoms with Gasteiger partial charge in [0.15, 0.2) is 0 Å². The maximum atomic E-state index is 11.9. The third kappa shape index (κ3) is 2.77. The first-order chi connectivity index (χ1) is 8.08. The summed E-state index contributed by atoms with van der Waals surface area (Å²) < 4.78 is 5.17. The highest BCUT2D eigenvalue weighted by atomic mass is 16.5. The van der Waals surface area contributed by atoms with E-state index in [2.05, 4.69) is 5.32 Å². The van der Waals surface area contributed by atoms with Crippen LogP contribution in [0.15, 0.2) is 18.2 Å². The minimum absolute atomic E-state index is 0.0556. The van der Waals surface area contributed by atoms with E-state index in [1.165, 1.54) is 0 Å². The largest absolute Gasteiger partial charge is 0.399 e. The Kier molecular flexibility index (Phi) is 3.33. The Morgan fingerprint density at radius 1 is 1.41 bits per heavy atom. The van der Waals surface area contributed by atoms with Gasteiger partial charge in [-0.15, -0.1) is 0 Å². The first-order valence-electron chi connectivity index (χ1n) is 5.79. The molecule has 0 saturated heterocycles. The molecule has 3 N–H and O–H groups in total. The summed E-state index contributed by atoms with van der Waals surface area (Å²) in [4.78, 5) is 11.9. The highest BCUT2D eigenvalue weighted by molar-refractivity contribution is 5.95. The number of amides is 1. The van der Waals surface area contributed by atoms with Crippen molar-refractivity contribution in [2.24, 2.45) is 0 Å². The quantitative estimate of drug-likeness (QED) is 0.779. The number of rotatable bonds is 3. The normalized spacial score (nSPS) is 22.9. The molecule has 0 unspecified atom stereocenters. The molecule has 1 saturated carbocycles. The minimum Gasteiger partial charge on any atom is -0.399 e. The molecule has 1 amide bonds. The topological polar surface area (TPSA) is 64.3 Å². The SMILES string of the molecule is COC1CC(NC(=O)c2cc(C)cc(N)c2)C1. The van der Waals surface area contributed by atoms with Gasteiger partial charge in [-0.1, -0.05) is 0 Å². The highest BCUT2D eigenvalue weighted by Crippen LogP contribution is 2.23. The molecule has 4 heteroatoms. The average Bonchev–Trinajstić information content (AvgIpc) is 2.21. The number of methoxy groups -OCH3 is 1. The van der Waals surface area contributed by atoms with Crippen molar-refractivity contribution in [2.45, 2.75) is 31.9 Å². The van der Waals surface area contributed by atoms with Crippen LogP contribution in [-0.4, -0.2) is 25.2 Å². The van der Waals surface area contributed by atoms with Crippen LogP contribution in [0.5, 0.6) is 0 Å². The number of anilines is 1. The molecule has 1 aromatic carbocycles. The van der Waals surface area contributed by atoms with Crippen LogP contribution in [-0.2, 0) is 4.74 Å². The lowest BCUT2D eigenvalue weighted by molar-refractivity contribution is 0.0176. The first kappa shape index (κ1) is 11.9. The second kappa shape index (κ2) is 4.75. The van der Waals surface area contributed by atoms with Crippen LogP contribution >= 0.6 is 0 Å². The smallest absolute Gasteiger partial charge is 0.251 e. The van der Waals surface area contributed by atoms with E-state index in [0.717, 1.165) is 18.4 Å². The van der Waals surface area contributed by atoms with Gasteiger partial charge in [0.1, 0.15) is 0 Å². The van der Waals surface area contributed by atoms with Gasteiger partial charge in [-0.3, -0.25) is 4.79 Å². The summed E-state index contributed by atoms with van der Waals surface area (Å²) in [6.45, 7) is 1.93. The van der Waals surface area contributed by atoms with E-state index in [0.29, 0.717) is 17.4 Å². The van der Waals surface area contributed by atoms with Gasteiger partial charge in [0, 0.05) is 24.4 Å². The Morgan fingerprint density at radius 2 is 2.12 bits per heavy atom. The Bertz CT molecular complexity index is 405. The Balaban J connectivity index is 1.96. The highest BCUT2D eigenvalue weighted by Gasteiger charge is 2.30. The van der Waals surface area contributed by atoms with Crippen molar-refractivity contribution in [3.05, 3.63) is 29.3 Å². The van der Waals surface area contributed by atoms with Gasteiger partial charge in [-0.05, 0) is 43.5 Å². The van der Waals surface area contributed by atoms with Crippen LogP contribution in [0.4, 0.5) is 5.69 Å². The van der Waals surface area contributed by atoms with E-state index in [4.69, 9.17) is 10.5 Å². The minimum atomic E-state index is -0.0556. The number of carbonyl (C=O) groups excluding carboxylic acids is 1. The molecule has 2 rings (SSSR count). The standard InChI is InChI=1S/C13H18N2O2/c1-8-3-9(5-10(14)4-8)13(16)15-11-6-12(7-11)17-2/h3-5,11-12H,6-7,14H2,1-2H3,(H,15,16). The number of nitrogens with two attached hydrogens (primary N) is 1. The number of benzene rings is 1. The predicted molar refractivity (Wildman–Crippen MR) is 66.9 cm³/mol. The fourth-order valence-electron chi connectivity index (χ4n) is 2.09. The molecule has 1 fully saturated rings. The summed E-state index contributed by atoms with van der Waals surface area (Å²) in [5.74, 6) is -0.0556. The molecule has 1 aromatic rings. The molecular weight excluding hydrogens is 216 g/mol. The fourth-order valence-corrected chi connectivity index (χ4v) is 2.09. The van der Waals surface area contributed by atoms with Crippen LogP contribution in [0.1, 0.15) is 28.8 Å². The average molecular weight is 234 g/mol. The number of ether oxygens (including phenoxy) is 1. The molecule has 0 aliphatic heterocycles. The van der Waals surface area contributed by atoms with E-state index < -0.39 is 0 Å². The number of hydrogen-bond acceptors (Lipinski definition) is 3. The lowest BCUT2D eigenvalue weighted by Gasteiger charge is -2.34. The molecule has 17 heavy (non-hydrogen) atoms. The van der Waals surface area contributed by atoms with Crippen molar-refractivity contribution in [1.82, 2.24) is 5.32 Å². The van der Waals surface area contributed by atoms with Crippen molar-refractivity contribution in [3.8, 4) is 0 Å². The van der Waals surface area contributed by atoms with Crippen molar-refractivity contribution < 1.29 is 9.53 Å². The van der Waals surface area contributed by atoms with Gasteiger partial charge in [0.05, 0.1) is 6.10 Å². The summed E-state index contributed by atoms with van der Waals surface area (Å²) in [5, 5.41) is 2.98. The Labute approximate surface area is 101 Å². The van der Waals surface area contributed by atoms with Crippen LogP contribution in [0.25, 0.3) is 0 Å². The lowest BCUT2D eigenvalue weighted by atomic mass is 9.89. The van der Waals surface area contributed by atoms with E-state index in [1.54, 1.807) is 13.2 Å². The van der Waals surface area contributed by atoms with Gasteiger partial charge >= 0.3 is 0 Å². The van der Waals surface area contributed by atoms with Gasteiger partial charge in [-0.25, -0.2) is 0 Å². The van der Waals surface area contributed by atoms with Gasteiger partial charge in [-0.2, -0.15) is 0 Å². The zero-order valence-corrected chi connectivity index (χ0v) is 10.2. The Morgan fingerprint density at radius 3 is 2.71 bits per heavy atom. The number of carbonyl (C=O) groups is 1. The molecule has 4 nitrogen and oxygen atoms in total. The van der Waals surface area contributed by atoms with Crippen LogP contribution in [0, 0.1) is 6.92 Å². The second-order valence-electron chi connectivity index (χ2n) is 4.63. The molecule has 1 aliphatic carbocycles. The van der Waals surface area contributed by atoms with Crippen molar-refractivity contribution in [1.29, 1.82) is 0 Å².